The van der Waals surface area contributed by atoms with Gasteiger partial charge in [-0.2, -0.15) is 0 Å². The number of nitrogens with one attached hydrogen (secondary N) is 1. The largest absolute Gasteiger partial charge is 0.352 e. The van der Waals surface area contributed by atoms with Crippen molar-refractivity contribution < 1.29 is 4.79 Å². The van der Waals surface area contributed by atoms with E-state index in [4.69, 9.17) is 34.8 Å². The second kappa shape index (κ2) is 4.31. The quantitative estimate of drug-likeness (QED) is 0.768. The van der Waals surface area contributed by atoms with E-state index in [1.807, 2.05) is 0 Å². The number of halogens is 3. The van der Waals surface area contributed by atoms with Crippen LogP contribution in [0.15, 0.2) is 0 Å². The van der Waals surface area contributed by atoms with Crippen LogP contribution in [-0.4, -0.2) is 16.2 Å². The minimum absolute atomic E-state index is 0.504. The summed E-state index contributed by atoms with van der Waals surface area (Å²) in [7, 11) is 0. The number of carbonyl (C=O) groups excluding carboxylic acids is 1. The third-order valence-electron chi connectivity index (χ3n) is 3.67. The predicted octanol–water partition coefficient (Wildman–Crippen LogP) is 2.91. The molecule has 0 radical (unpaired) electrons. The molecule has 2 saturated carbocycles. The third-order valence-corrected chi connectivity index (χ3v) is 4.18. The highest BCUT2D eigenvalue weighted by atomic mass is 35.6. The Hall–Kier alpha value is 0.340. The number of fused-ring (bicyclic) bond motifs is 2. The van der Waals surface area contributed by atoms with Crippen molar-refractivity contribution in [2.75, 3.05) is 6.54 Å². The Kier molecular flexibility index (Phi) is 3.39. The van der Waals surface area contributed by atoms with Gasteiger partial charge in [0, 0.05) is 6.54 Å². The lowest BCUT2D eigenvalue weighted by atomic mass is 9.89. The molecule has 0 aromatic carbocycles. The van der Waals surface area contributed by atoms with Gasteiger partial charge in [0.15, 0.2) is 0 Å². The molecular weight excluding hydrogens is 256 g/mol. The van der Waals surface area contributed by atoms with Crippen LogP contribution in [0.3, 0.4) is 0 Å². The van der Waals surface area contributed by atoms with Gasteiger partial charge in [0.05, 0.1) is 0 Å². The molecule has 2 fully saturated rings. The number of alkyl halides is 3. The first-order valence-electron chi connectivity index (χ1n) is 5.32. The molecule has 1 amide bonds. The first-order valence-corrected chi connectivity index (χ1v) is 6.45. The first-order chi connectivity index (χ1) is 6.97. The Labute approximate surface area is 105 Å². The van der Waals surface area contributed by atoms with E-state index in [9.17, 15) is 4.79 Å². The summed E-state index contributed by atoms with van der Waals surface area (Å²) in [5.41, 5.74) is 0. The van der Waals surface area contributed by atoms with Gasteiger partial charge in [0.2, 0.25) is 0 Å². The van der Waals surface area contributed by atoms with E-state index < -0.39 is 9.70 Å². The molecule has 2 aliphatic rings. The number of amides is 1. The summed E-state index contributed by atoms with van der Waals surface area (Å²) in [6.07, 6.45) is 5.22. The minimum atomic E-state index is -1.82. The molecule has 15 heavy (non-hydrogen) atoms. The van der Waals surface area contributed by atoms with E-state index in [0.29, 0.717) is 12.5 Å². The second-order valence-corrected chi connectivity index (χ2v) is 6.92. The van der Waals surface area contributed by atoms with Crippen LogP contribution in [-0.2, 0) is 4.79 Å². The average Bonchev–Trinajstić information content (AvgIpc) is 2.73. The molecule has 0 spiro atoms. The summed E-state index contributed by atoms with van der Waals surface area (Å²) in [4.78, 5) is 11.3. The summed E-state index contributed by atoms with van der Waals surface area (Å²) in [5, 5.41) is 2.71. The lowest BCUT2D eigenvalue weighted by molar-refractivity contribution is -0.120. The van der Waals surface area contributed by atoms with E-state index in [0.717, 1.165) is 11.8 Å². The molecule has 2 bridgehead atoms. The molecule has 86 valence electrons. The van der Waals surface area contributed by atoms with Crippen molar-refractivity contribution in [1.29, 1.82) is 0 Å². The highest BCUT2D eigenvalue weighted by molar-refractivity contribution is 6.76. The van der Waals surface area contributed by atoms with Crippen molar-refractivity contribution in [1.82, 2.24) is 5.32 Å². The molecule has 1 N–H and O–H groups in total. The Bertz CT molecular complexity index is 264. The van der Waals surface area contributed by atoms with Gasteiger partial charge in [-0.15, -0.1) is 0 Å². The maximum Gasteiger partial charge on any atom is 0.272 e. The fourth-order valence-corrected chi connectivity index (χ4v) is 3.15. The highest BCUT2D eigenvalue weighted by Crippen LogP contribution is 2.48. The second-order valence-electron chi connectivity index (χ2n) is 4.64. The van der Waals surface area contributed by atoms with Gasteiger partial charge in [-0.05, 0) is 37.0 Å². The van der Waals surface area contributed by atoms with Gasteiger partial charge >= 0.3 is 0 Å². The summed E-state index contributed by atoms with van der Waals surface area (Å²) >= 11 is 16.4. The topological polar surface area (TPSA) is 29.1 Å². The van der Waals surface area contributed by atoms with Crippen molar-refractivity contribution in [3.05, 3.63) is 0 Å². The van der Waals surface area contributed by atoms with Crippen LogP contribution in [0.1, 0.15) is 25.7 Å². The van der Waals surface area contributed by atoms with Gasteiger partial charge < -0.3 is 5.32 Å². The smallest absolute Gasteiger partial charge is 0.272 e. The van der Waals surface area contributed by atoms with Crippen LogP contribution in [0.4, 0.5) is 0 Å². The maximum atomic E-state index is 11.3. The van der Waals surface area contributed by atoms with E-state index >= 15 is 0 Å². The van der Waals surface area contributed by atoms with Crippen molar-refractivity contribution in [2.45, 2.75) is 29.5 Å². The van der Waals surface area contributed by atoms with Gasteiger partial charge in [0.25, 0.3) is 9.70 Å². The molecular formula is C10H14Cl3NO. The first kappa shape index (κ1) is 11.8. The monoisotopic (exact) mass is 269 g/mol. The fraction of sp³-hybridized carbons (Fsp3) is 0.900. The van der Waals surface area contributed by atoms with Gasteiger partial charge in [0.1, 0.15) is 0 Å². The summed E-state index contributed by atoms with van der Waals surface area (Å²) in [6, 6.07) is 0. The third kappa shape index (κ3) is 2.72. The van der Waals surface area contributed by atoms with Crippen LogP contribution in [0.2, 0.25) is 0 Å². The molecule has 2 aliphatic carbocycles. The lowest BCUT2D eigenvalue weighted by Crippen LogP contribution is -2.38. The van der Waals surface area contributed by atoms with Crippen molar-refractivity contribution >= 4 is 40.7 Å². The lowest BCUT2D eigenvalue weighted by Gasteiger charge is -2.22. The van der Waals surface area contributed by atoms with Gasteiger partial charge in [-0.25, -0.2) is 0 Å². The zero-order valence-corrected chi connectivity index (χ0v) is 10.6. The Balaban J connectivity index is 1.77. The molecule has 2 rings (SSSR count). The fourth-order valence-electron chi connectivity index (χ4n) is 2.95. The average molecular weight is 271 g/mol. The normalized spacial score (nSPS) is 34.5. The number of hydrogen-bond acceptors (Lipinski definition) is 1. The van der Waals surface area contributed by atoms with E-state index in [-0.39, 0.29) is 0 Å². The van der Waals surface area contributed by atoms with Crippen LogP contribution >= 0.6 is 34.8 Å². The molecule has 0 aromatic heterocycles. The van der Waals surface area contributed by atoms with E-state index in [2.05, 4.69) is 5.32 Å². The van der Waals surface area contributed by atoms with Crippen molar-refractivity contribution in [2.24, 2.45) is 17.8 Å². The number of hydrogen-bond donors (Lipinski definition) is 1. The highest BCUT2D eigenvalue weighted by Gasteiger charge is 2.40. The summed E-state index contributed by atoms with van der Waals surface area (Å²) in [5.74, 6) is 1.76. The van der Waals surface area contributed by atoms with Crippen LogP contribution in [0.5, 0.6) is 0 Å². The maximum absolute atomic E-state index is 11.3. The summed E-state index contributed by atoms with van der Waals surface area (Å²) in [6.45, 7) is 0.661. The Morgan fingerprint density at radius 2 is 2.00 bits per heavy atom. The van der Waals surface area contributed by atoms with Gasteiger partial charge in [-0.1, -0.05) is 41.2 Å². The number of carbonyl (C=O) groups is 1. The Morgan fingerprint density at radius 1 is 1.27 bits per heavy atom. The van der Waals surface area contributed by atoms with Crippen LogP contribution < -0.4 is 5.32 Å². The van der Waals surface area contributed by atoms with Crippen LogP contribution in [0.25, 0.3) is 0 Å². The number of rotatable bonds is 2. The molecule has 5 heteroatoms. The minimum Gasteiger partial charge on any atom is -0.352 e. The molecule has 0 aromatic rings. The Morgan fingerprint density at radius 3 is 2.47 bits per heavy atom. The van der Waals surface area contributed by atoms with Gasteiger partial charge in [-0.3, -0.25) is 4.79 Å². The SMILES string of the molecule is O=C(NC[C@H]1C[C@H]2CC[C@@H]1C2)C(Cl)(Cl)Cl. The van der Waals surface area contributed by atoms with Crippen molar-refractivity contribution in [3.63, 3.8) is 0 Å². The van der Waals surface area contributed by atoms with Crippen molar-refractivity contribution in [3.8, 4) is 0 Å². The zero-order chi connectivity index (χ0) is 11.1. The van der Waals surface area contributed by atoms with E-state index in [1.165, 1.54) is 25.7 Å². The molecule has 0 saturated heterocycles. The molecule has 3 atom stereocenters. The molecule has 0 unspecified atom stereocenters. The molecule has 0 aliphatic heterocycles. The summed E-state index contributed by atoms with van der Waals surface area (Å²) < 4.78 is -1.82. The molecule has 0 heterocycles. The van der Waals surface area contributed by atoms with Crippen LogP contribution in [0, 0.1) is 17.8 Å². The standard InChI is InChI=1S/C10H14Cl3NO/c11-10(12,13)9(15)14-5-8-4-6-1-2-7(8)3-6/h6-8H,1-5H2,(H,14,15)/t6-,7+,8+/m0/s1. The van der Waals surface area contributed by atoms with E-state index in [1.54, 1.807) is 0 Å². The molecule has 2 nitrogen and oxygen atoms in total. The zero-order valence-electron chi connectivity index (χ0n) is 8.31. The predicted molar refractivity (Wildman–Crippen MR) is 62.2 cm³/mol.